The molecule has 13 rings (SSSR count). The van der Waals surface area contributed by atoms with Gasteiger partial charge in [-0.2, -0.15) is 0 Å². The van der Waals surface area contributed by atoms with E-state index >= 15 is 0 Å². The van der Waals surface area contributed by atoms with Gasteiger partial charge in [-0.05, 0) is 130 Å². The highest BCUT2D eigenvalue weighted by Crippen LogP contribution is 2.43. The molecule has 0 aliphatic heterocycles. The molecule has 0 N–H and O–H groups in total. The van der Waals surface area contributed by atoms with Crippen LogP contribution >= 0.6 is 11.3 Å². The molecule has 4 nitrogen and oxygen atoms in total. The second kappa shape index (κ2) is 16.8. The van der Waals surface area contributed by atoms with Gasteiger partial charge in [0.2, 0.25) is 0 Å². The van der Waals surface area contributed by atoms with E-state index in [-0.39, 0.29) is 0 Å². The van der Waals surface area contributed by atoms with E-state index in [1.807, 2.05) is 18.2 Å². The lowest BCUT2D eigenvalue weighted by Crippen LogP contribution is -2.00. The molecule has 0 fully saturated rings. The molecule has 0 radical (unpaired) electrons. The van der Waals surface area contributed by atoms with Crippen molar-refractivity contribution in [3.05, 3.63) is 242 Å². The third-order valence-corrected chi connectivity index (χ3v) is 14.4. The highest BCUT2D eigenvalue weighted by molar-refractivity contribution is 7.26. The highest BCUT2D eigenvalue weighted by atomic mass is 32.1. The van der Waals surface area contributed by atoms with Gasteiger partial charge in [0, 0.05) is 53.3 Å². The van der Waals surface area contributed by atoms with Crippen LogP contribution in [0.1, 0.15) is 5.56 Å². The Bertz CT molecular complexity index is 4020. The summed E-state index contributed by atoms with van der Waals surface area (Å²) in [5, 5.41) is 4.80. The van der Waals surface area contributed by atoms with E-state index in [0.29, 0.717) is 17.5 Å². The van der Waals surface area contributed by atoms with Crippen molar-refractivity contribution >= 4 is 53.3 Å². The Labute approximate surface area is 404 Å². The summed E-state index contributed by atoms with van der Waals surface area (Å²) in [5.74, 6) is 1.90. The van der Waals surface area contributed by atoms with Crippen molar-refractivity contribution in [3.8, 4) is 84.4 Å². The van der Waals surface area contributed by atoms with Gasteiger partial charge in [-0.25, -0.2) is 15.0 Å². The summed E-state index contributed by atoms with van der Waals surface area (Å²) in [5.41, 5.74) is 16.9. The first kappa shape index (κ1) is 40.5. The quantitative estimate of drug-likeness (QED) is 0.153. The summed E-state index contributed by atoms with van der Waals surface area (Å²) in [6, 6.07) is 84.7. The summed E-state index contributed by atoms with van der Waals surface area (Å²) in [7, 11) is 0. The van der Waals surface area contributed by atoms with Gasteiger partial charge in [0.25, 0.3) is 0 Å². The van der Waals surface area contributed by atoms with Crippen molar-refractivity contribution in [1.82, 2.24) is 19.5 Å². The van der Waals surface area contributed by atoms with Crippen molar-refractivity contribution < 1.29 is 0 Å². The van der Waals surface area contributed by atoms with Crippen LogP contribution in [0.3, 0.4) is 0 Å². The van der Waals surface area contributed by atoms with Gasteiger partial charge in [0.05, 0.1) is 11.0 Å². The largest absolute Gasteiger partial charge is 0.309 e. The van der Waals surface area contributed by atoms with Gasteiger partial charge in [0.1, 0.15) is 0 Å². The fourth-order valence-electron chi connectivity index (χ4n) is 9.96. The van der Waals surface area contributed by atoms with Crippen LogP contribution in [0, 0.1) is 6.92 Å². The first-order valence-corrected chi connectivity index (χ1v) is 24.1. The zero-order chi connectivity index (χ0) is 45.8. The predicted molar refractivity (Wildman–Crippen MR) is 290 cm³/mol. The Morgan fingerprint density at radius 1 is 0.319 bits per heavy atom. The molecule has 3 heterocycles. The molecule has 0 unspecified atom stereocenters. The number of fused-ring (bicyclic) bond motifs is 6. The average Bonchev–Trinajstić information content (AvgIpc) is 3.97. The van der Waals surface area contributed by atoms with Gasteiger partial charge >= 0.3 is 0 Å². The molecule has 5 heteroatoms. The Kier molecular flexibility index (Phi) is 9.88. The van der Waals surface area contributed by atoms with Crippen LogP contribution in [-0.4, -0.2) is 19.5 Å². The molecule has 69 heavy (non-hydrogen) atoms. The van der Waals surface area contributed by atoms with E-state index in [1.165, 1.54) is 64.5 Å². The number of hydrogen-bond donors (Lipinski definition) is 0. The number of benzene rings is 10. The maximum atomic E-state index is 5.36. The number of thiophene rings is 1. The van der Waals surface area contributed by atoms with Crippen LogP contribution < -0.4 is 0 Å². The van der Waals surface area contributed by atoms with Crippen molar-refractivity contribution in [1.29, 1.82) is 0 Å². The summed E-state index contributed by atoms with van der Waals surface area (Å²) in [6.07, 6.45) is 0. The summed E-state index contributed by atoms with van der Waals surface area (Å²) in [6.45, 7) is 2.15. The van der Waals surface area contributed by atoms with Crippen LogP contribution in [-0.2, 0) is 0 Å². The number of aryl methyl sites for hydroxylation is 1. The van der Waals surface area contributed by atoms with E-state index < -0.39 is 0 Å². The fraction of sp³-hybridized carbons (Fsp3) is 0.0156. The van der Waals surface area contributed by atoms with Crippen LogP contribution in [0.25, 0.3) is 126 Å². The molecule has 3 aromatic heterocycles. The van der Waals surface area contributed by atoms with Crippen LogP contribution in [0.15, 0.2) is 237 Å². The van der Waals surface area contributed by atoms with Crippen molar-refractivity contribution in [2.75, 3.05) is 0 Å². The number of hydrogen-bond acceptors (Lipinski definition) is 4. The monoisotopic (exact) mass is 898 g/mol. The first-order chi connectivity index (χ1) is 34.1. The van der Waals surface area contributed by atoms with E-state index in [4.69, 9.17) is 15.0 Å². The van der Waals surface area contributed by atoms with Gasteiger partial charge < -0.3 is 4.57 Å². The summed E-state index contributed by atoms with van der Waals surface area (Å²) < 4.78 is 4.79. The SMILES string of the molecule is Cc1cccc(-n2c3ccccc3c3cc(-c4ccc5sc6cccc(-c7nc(-c8ccccc8)nc(-c8cccc(-c9cc(-c%10ccccc%10)cc(-c%10ccccc%10)c9)c8)n7)c6c5c4)ccc32)c1. The maximum Gasteiger partial charge on any atom is 0.164 e. The molecular weight excluding hydrogens is 857 g/mol. The van der Waals surface area contributed by atoms with Crippen LogP contribution in [0.2, 0.25) is 0 Å². The molecule has 10 aromatic carbocycles. The Hall–Kier alpha value is -8.77. The minimum Gasteiger partial charge on any atom is -0.309 e. The molecule has 0 bridgehead atoms. The Morgan fingerprint density at radius 2 is 0.841 bits per heavy atom. The predicted octanol–water partition coefficient (Wildman–Crippen LogP) is 17.3. The third kappa shape index (κ3) is 7.37. The summed E-state index contributed by atoms with van der Waals surface area (Å²) in [4.78, 5) is 15.8. The third-order valence-electron chi connectivity index (χ3n) is 13.3. The molecule has 0 saturated carbocycles. The maximum absolute atomic E-state index is 5.36. The Balaban J connectivity index is 0.948. The van der Waals surface area contributed by atoms with Crippen molar-refractivity contribution in [3.63, 3.8) is 0 Å². The average molecular weight is 899 g/mol. The van der Waals surface area contributed by atoms with E-state index in [1.54, 1.807) is 11.3 Å². The van der Waals surface area contributed by atoms with E-state index in [9.17, 15) is 0 Å². The van der Waals surface area contributed by atoms with Gasteiger partial charge in [-0.3, -0.25) is 0 Å². The molecule has 0 saturated heterocycles. The summed E-state index contributed by atoms with van der Waals surface area (Å²) >= 11 is 1.81. The van der Waals surface area contributed by atoms with Gasteiger partial charge in [-0.1, -0.05) is 164 Å². The topological polar surface area (TPSA) is 43.6 Å². The second-order valence-electron chi connectivity index (χ2n) is 17.7. The molecule has 0 atom stereocenters. The zero-order valence-corrected chi connectivity index (χ0v) is 38.5. The Morgan fingerprint density at radius 3 is 1.57 bits per heavy atom. The number of aromatic nitrogens is 4. The minimum atomic E-state index is 0.624. The highest BCUT2D eigenvalue weighted by Gasteiger charge is 2.19. The molecule has 0 amide bonds. The molecule has 0 aliphatic carbocycles. The molecule has 324 valence electrons. The lowest BCUT2D eigenvalue weighted by atomic mass is 9.93. The molecule has 0 aliphatic rings. The first-order valence-electron chi connectivity index (χ1n) is 23.3. The number of rotatable bonds is 8. The van der Waals surface area contributed by atoms with Crippen molar-refractivity contribution in [2.24, 2.45) is 0 Å². The molecular formula is C64H42N4S. The fourth-order valence-corrected chi connectivity index (χ4v) is 11.1. The molecule has 0 spiro atoms. The van der Waals surface area contributed by atoms with Gasteiger partial charge in [-0.15, -0.1) is 11.3 Å². The van der Waals surface area contributed by atoms with Crippen LogP contribution in [0.4, 0.5) is 0 Å². The lowest BCUT2D eigenvalue weighted by molar-refractivity contribution is 1.08. The minimum absolute atomic E-state index is 0.624. The van der Waals surface area contributed by atoms with Crippen molar-refractivity contribution in [2.45, 2.75) is 6.92 Å². The van der Waals surface area contributed by atoms with E-state index in [0.717, 1.165) is 49.9 Å². The van der Waals surface area contributed by atoms with Crippen LogP contribution in [0.5, 0.6) is 0 Å². The number of para-hydroxylation sites is 1. The van der Waals surface area contributed by atoms with E-state index in [2.05, 4.69) is 230 Å². The lowest BCUT2D eigenvalue weighted by Gasteiger charge is -2.13. The zero-order valence-electron chi connectivity index (χ0n) is 37.7. The van der Waals surface area contributed by atoms with Gasteiger partial charge in [0.15, 0.2) is 17.5 Å². The number of nitrogens with zero attached hydrogens (tertiary/aromatic N) is 4. The smallest absolute Gasteiger partial charge is 0.164 e. The second-order valence-corrected chi connectivity index (χ2v) is 18.8. The standard InChI is InChI=1S/C64H42N4S/c1-41-16-13-25-52(34-41)68-57-28-12-11-26-53(57)55-39-46(30-32-58(55)68)47-31-33-59-56(40-47)61-54(27-15-29-60(61)69-59)64-66-62(44-21-9-4-10-22-44)65-63(67-64)48-24-14-23-45(35-48)51-37-49(42-17-5-2-6-18-42)36-50(38-51)43-19-7-3-8-20-43/h2-40H,1H3. The molecule has 13 aromatic rings. The normalized spacial score (nSPS) is 11.6.